The molecule has 10 heavy (non-hydrogen) atoms. The molecule has 0 bridgehead atoms. The van der Waals surface area contributed by atoms with E-state index in [9.17, 15) is 8.78 Å². The molecule has 0 fully saturated rings. The van der Waals surface area contributed by atoms with Gasteiger partial charge in [0.15, 0.2) is 0 Å². The monoisotopic (exact) mass is 147 g/mol. The fourth-order valence-corrected chi connectivity index (χ4v) is 0.639. The van der Waals surface area contributed by atoms with Gasteiger partial charge in [-0.2, -0.15) is 5.26 Å². The standard InChI is InChI=1S/C7H11F2N/c1-2-3-4-7(8,9)5-6-10/h2-5H2,1H3. The first-order valence-corrected chi connectivity index (χ1v) is 3.37. The third-order valence-corrected chi connectivity index (χ3v) is 1.23. The van der Waals surface area contributed by atoms with Gasteiger partial charge in [-0.1, -0.05) is 13.3 Å². The second-order valence-corrected chi connectivity index (χ2v) is 2.29. The highest BCUT2D eigenvalue weighted by Gasteiger charge is 2.26. The summed E-state index contributed by atoms with van der Waals surface area (Å²) in [4.78, 5) is 0. The number of rotatable bonds is 4. The van der Waals surface area contributed by atoms with E-state index in [-0.39, 0.29) is 6.42 Å². The molecule has 0 saturated carbocycles. The molecule has 3 heteroatoms. The van der Waals surface area contributed by atoms with Crippen molar-refractivity contribution < 1.29 is 8.78 Å². The smallest absolute Gasteiger partial charge is 0.206 e. The van der Waals surface area contributed by atoms with Crippen LogP contribution in [0.5, 0.6) is 0 Å². The average molecular weight is 147 g/mol. The molecule has 0 saturated heterocycles. The molecule has 0 unspecified atom stereocenters. The Bertz CT molecular complexity index is 126. The van der Waals surface area contributed by atoms with Crippen molar-refractivity contribution in [3.63, 3.8) is 0 Å². The zero-order chi connectivity index (χ0) is 8.04. The summed E-state index contributed by atoms with van der Waals surface area (Å²) >= 11 is 0. The first-order valence-electron chi connectivity index (χ1n) is 3.37. The minimum Gasteiger partial charge on any atom is -0.206 e. The van der Waals surface area contributed by atoms with Gasteiger partial charge in [0.1, 0.15) is 0 Å². The normalized spacial score (nSPS) is 11.0. The van der Waals surface area contributed by atoms with Crippen LogP contribution in [0.25, 0.3) is 0 Å². The Labute approximate surface area is 59.7 Å². The van der Waals surface area contributed by atoms with E-state index in [1.807, 2.05) is 6.92 Å². The Balaban J connectivity index is 3.55. The number of unbranched alkanes of at least 4 members (excludes halogenated alkanes) is 1. The number of nitriles is 1. The molecule has 0 radical (unpaired) electrons. The summed E-state index contributed by atoms with van der Waals surface area (Å²) in [5, 5.41) is 7.97. The maximum atomic E-state index is 12.4. The Morgan fingerprint density at radius 1 is 1.50 bits per heavy atom. The van der Waals surface area contributed by atoms with E-state index in [1.165, 1.54) is 6.07 Å². The molecular formula is C7H11F2N. The van der Waals surface area contributed by atoms with Gasteiger partial charge in [-0.15, -0.1) is 0 Å². The van der Waals surface area contributed by atoms with Crippen molar-refractivity contribution in [1.29, 1.82) is 5.26 Å². The van der Waals surface area contributed by atoms with Crippen molar-refractivity contribution in [1.82, 2.24) is 0 Å². The van der Waals surface area contributed by atoms with Crippen molar-refractivity contribution in [3.8, 4) is 6.07 Å². The quantitative estimate of drug-likeness (QED) is 0.599. The molecule has 0 aromatic heterocycles. The van der Waals surface area contributed by atoms with Crippen molar-refractivity contribution in [2.75, 3.05) is 0 Å². The number of alkyl halides is 2. The second-order valence-electron chi connectivity index (χ2n) is 2.29. The summed E-state index contributed by atoms with van der Waals surface area (Å²) in [5.74, 6) is -2.76. The Morgan fingerprint density at radius 2 is 2.10 bits per heavy atom. The molecule has 0 aliphatic carbocycles. The average Bonchev–Trinajstić information content (AvgIpc) is 1.84. The summed E-state index contributed by atoms with van der Waals surface area (Å²) in [7, 11) is 0. The van der Waals surface area contributed by atoms with Crippen LogP contribution in [0.2, 0.25) is 0 Å². The van der Waals surface area contributed by atoms with Crippen molar-refractivity contribution in [2.24, 2.45) is 0 Å². The molecule has 0 amide bonds. The minimum atomic E-state index is -2.76. The molecule has 0 aromatic carbocycles. The van der Waals surface area contributed by atoms with Crippen LogP contribution in [0.3, 0.4) is 0 Å². The summed E-state index contributed by atoms with van der Waals surface area (Å²) in [5.41, 5.74) is 0. The minimum absolute atomic E-state index is 0.156. The first kappa shape index (κ1) is 9.35. The van der Waals surface area contributed by atoms with E-state index < -0.39 is 12.3 Å². The van der Waals surface area contributed by atoms with E-state index in [2.05, 4.69) is 0 Å². The lowest BCUT2D eigenvalue weighted by Gasteiger charge is -2.10. The number of nitrogens with zero attached hydrogens (tertiary/aromatic N) is 1. The van der Waals surface area contributed by atoms with E-state index in [0.717, 1.165) is 6.42 Å². The van der Waals surface area contributed by atoms with Gasteiger partial charge in [-0.3, -0.25) is 0 Å². The lowest BCUT2D eigenvalue weighted by Crippen LogP contribution is -2.14. The van der Waals surface area contributed by atoms with Crippen LogP contribution >= 0.6 is 0 Å². The number of hydrogen-bond acceptors (Lipinski definition) is 1. The van der Waals surface area contributed by atoms with Gasteiger partial charge < -0.3 is 0 Å². The van der Waals surface area contributed by atoms with Crippen LogP contribution in [0.4, 0.5) is 8.78 Å². The van der Waals surface area contributed by atoms with Gasteiger partial charge in [-0.25, -0.2) is 8.78 Å². The molecule has 58 valence electrons. The summed E-state index contributed by atoms with van der Waals surface area (Å²) < 4.78 is 24.8. The van der Waals surface area contributed by atoms with Gasteiger partial charge in [-0.05, 0) is 6.42 Å². The van der Waals surface area contributed by atoms with E-state index >= 15 is 0 Å². The Kier molecular flexibility index (Phi) is 3.94. The predicted octanol–water partition coefficient (Wildman–Crippen LogP) is 2.73. The molecule has 0 aromatic rings. The fourth-order valence-electron chi connectivity index (χ4n) is 0.639. The van der Waals surface area contributed by atoms with Crippen LogP contribution in [0.1, 0.15) is 32.6 Å². The molecule has 0 aliphatic heterocycles. The Hall–Kier alpha value is -0.650. The SMILES string of the molecule is CCCCC(F)(F)CC#N. The largest absolute Gasteiger partial charge is 0.260 e. The van der Waals surface area contributed by atoms with Crippen LogP contribution in [-0.4, -0.2) is 5.92 Å². The van der Waals surface area contributed by atoms with Gasteiger partial charge in [0, 0.05) is 6.42 Å². The van der Waals surface area contributed by atoms with Crippen molar-refractivity contribution in [3.05, 3.63) is 0 Å². The molecule has 0 heterocycles. The second kappa shape index (κ2) is 4.21. The van der Waals surface area contributed by atoms with Crippen LogP contribution < -0.4 is 0 Å². The van der Waals surface area contributed by atoms with Crippen molar-refractivity contribution in [2.45, 2.75) is 38.5 Å². The number of halogens is 2. The lowest BCUT2D eigenvalue weighted by molar-refractivity contribution is -0.00463. The summed E-state index contributed by atoms with van der Waals surface area (Å²) in [6, 6.07) is 1.47. The van der Waals surface area contributed by atoms with Crippen LogP contribution in [0, 0.1) is 11.3 Å². The molecule has 0 rings (SSSR count). The summed E-state index contributed by atoms with van der Waals surface area (Å²) in [6.07, 6.45) is 0.444. The zero-order valence-electron chi connectivity index (χ0n) is 6.03. The third kappa shape index (κ3) is 4.25. The van der Waals surface area contributed by atoms with Gasteiger partial charge in [0.05, 0.1) is 12.5 Å². The zero-order valence-corrected chi connectivity index (χ0v) is 6.03. The maximum absolute atomic E-state index is 12.4. The maximum Gasteiger partial charge on any atom is 0.260 e. The van der Waals surface area contributed by atoms with E-state index in [4.69, 9.17) is 5.26 Å². The van der Waals surface area contributed by atoms with Crippen LogP contribution in [0.15, 0.2) is 0 Å². The first-order chi connectivity index (χ1) is 4.62. The molecule has 0 aliphatic rings. The highest BCUT2D eigenvalue weighted by Crippen LogP contribution is 2.24. The summed E-state index contributed by atoms with van der Waals surface area (Å²) in [6.45, 7) is 1.85. The molecule has 0 spiro atoms. The van der Waals surface area contributed by atoms with Crippen molar-refractivity contribution >= 4 is 0 Å². The fraction of sp³-hybridized carbons (Fsp3) is 0.857. The van der Waals surface area contributed by atoms with Gasteiger partial charge in [0.2, 0.25) is 0 Å². The molecule has 0 atom stereocenters. The van der Waals surface area contributed by atoms with Gasteiger partial charge >= 0.3 is 0 Å². The predicted molar refractivity (Wildman–Crippen MR) is 34.7 cm³/mol. The Morgan fingerprint density at radius 3 is 2.50 bits per heavy atom. The lowest BCUT2D eigenvalue weighted by atomic mass is 10.1. The number of hydrogen-bond donors (Lipinski definition) is 0. The van der Waals surface area contributed by atoms with E-state index in [1.54, 1.807) is 0 Å². The molecular weight excluding hydrogens is 136 g/mol. The highest BCUT2D eigenvalue weighted by atomic mass is 19.3. The van der Waals surface area contributed by atoms with E-state index in [0.29, 0.717) is 6.42 Å². The molecule has 1 nitrogen and oxygen atoms in total. The van der Waals surface area contributed by atoms with Gasteiger partial charge in [0.25, 0.3) is 5.92 Å². The topological polar surface area (TPSA) is 23.8 Å². The molecule has 0 N–H and O–H groups in total. The van der Waals surface area contributed by atoms with Crippen LogP contribution in [-0.2, 0) is 0 Å². The third-order valence-electron chi connectivity index (χ3n) is 1.23. The highest BCUT2D eigenvalue weighted by molar-refractivity contribution is 4.80.